The maximum absolute atomic E-state index is 8.74. The Balaban J connectivity index is 2.23. The third-order valence-electron chi connectivity index (χ3n) is 1.84. The van der Waals surface area contributed by atoms with E-state index in [1.165, 1.54) is 0 Å². The van der Waals surface area contributed by atoms with Gasteiger partial charge in [0.05, 0.1) is 12.2 Å². The second-order valence-corrected chi connectivity index (χ2v) is 3.23. The molecule has 0 saturated heterocycles. The number of rotatable bonds is 2. The van der Waals surface area contributed by atoms with Gasteiger partial charge >= 0.3 is 0 Å². The molecule has 15 heavy (non-hydrogen) atoms. The molecule has 0 amide bonds. The van der Waals surface area contributed by atoms with E-state index >= 15 is 0 Å². The van der Waals surface area contributed by atoms with Gasteiger partial charge in [0.1, 0.15) is 6.07 Å². The lowest BCUT2D eigenvalue weighted by Gasteiger charge is -2.01. The number of aromatic nitrogens is 4. The van der Waals surface area contributed by atoms with Crippen molar-refractivity contribution in [1.82, 2.24) is 19.7 Å². The van der Waals surface area contributed by atoms with Crippen molar-refractivity contribution in [2.45, 2.75) is 6.54 Å². The zero-order valence-electron chi connectivity index (χ0n) is 7.63. The molecule has 2 rings (SSSR count). The molecule has 0 aromatic carbocycles. The molecule has 0 fully saturated rings. The van der Waals surface area contributed by atoms with E-state index in [0.29, 0.717) is 17.5 Å². The summed E-state index contributed by atoms with van der Waals surface area (Å²) in [5.41, 5.74) is 0.730. The van der Waals surface area contributed by atoms with Gasteiger partial charge in [-0.2, -0.15) is 10.4 Å². The maximum atomic E-state index is 8.74. The molecule has 0 spiro atoms. The van der Waals surface area contributed by atoms with Crippen molar-refractivity contribution in [2.75, 3.05) is 0 Å². The van der Waals surface area contributed by atoms with Crippen LogP contribution in [0.1, 0.15) is 11.5 Å². The van der Waals surface area contributed by atoms with Crippen LogP contribution in [0.5, 0.6) is 0 Å². The SMILES string of the molecule is N#Cc1nccn1Cc1ccc(Cl)nn1. The van der Waals surface area contributed by atoms with Gasteiger partial charge in [-0.05, 0) is 12.1 Å². The van der Waals surface area contributed by atoms with E-state index in [0.717, 1.165) is 5.69 Å². The second-order valence-electron chi connectivity index (χ2n) is 2.84. The van der Waals surface area contributed by atoms with E-state index in [1.54, 1.807) is 29.1 Å². The fourth-order valence-corrected chi connectivity index (χ4v) is 1.25. The average molecular weight is 220 g/mol. The molecule has 0 unspecified atom stereocenters. The average Bonchev–Trinajstić information content (AvgIpc) is 2.69. The molecule has 2 aromatic rings. The van der Waals surface area contributed by atoms with Crippen molar-refractivity contribution >= 4 is 11.6 Å². The van der Waals surface area contributed by atoms with Crippen LogP contribution in [-0.2, 0) is 6.54 Å². The van der Waals surface area contributed by atoms with Gasteiger partial charge in [-0.15, -0.1) is 5.10 Å². The lowest BCUT2D eigenvalue weighted by molar-refractivity contribution is 0.741. The van der Waals surface area contributed by atoms with Gasteiger partial charge in [-0.1, -0.05) is 11.6 Å². The summed E-state index contributed by atoms with van der Waals surface area (Å²) in [4.78, 5) is 3.88. The molecule has 6 heteroatoms. The Hall–Kier alpha value is -1.93. The quantitative estimate of drug-likeness (QED) is 0.762. The Kier molecular flexibility index (Phi) is 2.61. The highest BCUT2D eigenvalue weighted by atomic mass is 35.5. The second kappa shape index (κ2) is 4.07. The predicted octanol–water partition coefficient (Wildman–Crippen LogP) is 1.25. The lowest BCUT2D eigenvalue weighted by Crippen LogP contribution is -2.04. The number of hydrogen-bond acceptors (Lipinski definition) is 4. The third-order valence-corrected chi connectivity index (χ3v) is 2.04. The van der Waals surface area contributed by atoms with E-state index in [4.69, 9.17) is 16.9 Å². The summed E-state index contributed by atoms with van der Waals surface area (Å²) in [6, 6.07) is 5.40. The summed E-state index contributed by atoms with van der Waals surface area (Å²) in [6.07, 6.45) is 3.29. The molecule has 0 bridgehead atoms. The molecule has 0 aliphatic heterocycles. The van der Waals surface area contributed by atoms with Gasteiger partial charge in [-0.3, -0.25) is 0 Å². The monoisotopic (exact) mass is 219 g/mol. The molecule has 2 heterocycles. The van der Waals surface area contributed by atoms with Crippen LogP contribution in [0.2, 0.25) is 5.15 Å². The van der Waals surface area contributed by atoms with Crippen molar-refractivity contribution in [2.24, 2.45) is 0 Å². The van der Waals surface area contributed by atoms with Crippen LogP contribution < -0.4 is 0 Å². The van der Waals surface area contributed by atoms with Crippen LogP contribution >= 0.6 is 11.6 Å². The van der Waals surface area contributed by atoms with Crippen LogP contribution in [0.25, 0.3) is 0 Å². The van der Waals surface area contributed by atoms with Crippen molar-refractivity contribution in [1.29, 1.82) is 5.26 Å². The molecule has 0 saturated carbocycles. The predicted molar refractivity (Wildman–Crippen MR) is 53.1 cm³/mol. The maximum Gasteiger partial charge on any atom is 0.213 e. The Morgan fingerprint density at radius 3 is 2.93 bits per heavy atom. The molecule has 0 radical (unpaired) electrons. The van der Waals surface area contributed by atoms with Gasteiger partial charge in [-0.25, -0.2) is 4.98 Å². The van der Waals surface area contributed by atoms with Crippen LogP contribution in [-0.4, -0.2) is 19.7 Å². The molecule has 0 aliphatic carbocycles. The Morgan fingerprint density at radius 2 is 2.27 bits per heavy atom. The highest BCUT2D eigenvalue weighted by molar-refractivity contribution is 6.29. The molecular formula is C9H6ClN5. The van der Waals surface area contributed by atoms with E-state index in [-0.39, 0.29) is 0 Å². The summed E-state index contributed by atoms with van der Waals surface area (Å²) in [7, 11) is 0. The third kappa shape index (κ3) is 2.11. The Labute approximate surface area is 91.0 Å². The van der Waals surface area contributed by atoms with Gasteiger partial charge < -0.3 is 4.57 Å². The number of imidazole rings is 1. The summed E-state index contributed by atoms with van der Waals surface area (Å²) >= 11 is 5.61. The number of hydrogen-bond donors (Lipinski definition) is 0. The summed E-state index contributed by atoms with van der Waals surface area (Å²) in [6.45, 7) is 0.465. The van der Waals surface area contributed by atoms with Crippen LogP contribution in [0.3, 0.4) is 0 Å². The first-order chi connectivity index (χ1) is 7.29. The van der Waals surface area contributed by atoms with E-state index < -0.39 is 0 Å². The molecule has 0 atom stereocenters. The normalized spacial score (nSPS) is 9.87. The summed E-state index contributed by atoms with van der Waals surface area (Å²) in [5, 5.41) is 16.7. The smallest absolute Gasteiger partial charge is 0.213 e. The van der Waals surface area contributed by atoms with Gasteiger partial charge in [0.25, 0.3) is 0 Å². The Bertz CT molecular complexity index is 496. The number of nitriles is 1. The molecule has 74 valence electrons. The minimum atomic E-state index is 0.352. The van der Waals surface area contributed by atoms with Gasteiger partial charge in [0, 0.05) is 12.4 Å². The lowest BCUT2D eigenvalue weighted by atomic mass is 10.4. The largest absolute Gasteiger partial charge is 0.317 e. The molecule has 2 aromatic heterocycles. The summed E-state index contributed by atoms with van der Waals surface area (Å²) < 4.78 is 1.69. The number of nitrogens with zero attached hydrogens (tertiary/aromatic N) is 5. The first-order valence-electron chi connectivity index (χ1n) is 4.19. The van der Waals surface area contributed by atoms with Crippen molar-refractivity contribution in [3.8, 4) is 6.07 Å². The fraction of sp³-hybridized carbons (Fsp3) is 0.111. The standard InChI is InChI=1S/C9H6ClN5/c10-8-2-1-7(13-14-8)6-15-4-3-12-9(15)5-11/h1-4H,6H2. The molecule has 0 N–H and O–H groups in total. The van der Waals surface area contributed by atoms with E-state index in [2.05, 4.69) is 15.2 Å². The molecular weight excluding hydrogens is 214 g/mol. The van der Waals surface area contributed by atoms with Gasteiger partial charge in [0.2, 0.25) is 5.82 Å². The minimum absolute atomic E-state index is 0.352. The fourth-order valence-electron chi connectivity index (χ4n) is 1.15. The topological polar surface area (TPSA) is 67.4 Å². The van der Waals surface area contributed by atoms with Gasteiger partial charge in [0.15, 0.2) is 5.15 Å². The highest BCUT2D eigenvalue weighted by Gasteiger charge is 2.03. The molecule has 5 nitrogen and oxygen atoms in total. The Morgan fingerprint density at radius 1 is 1.40 bits per heavy atom. The van der Waals surface area contributed by atoms with Crippen LogP contribution in [0, 0.1) is 11.3 Å². The minimum Gasteiger partial charge on any atom is -0.317 e. The zero-order chi connectivity index (χ0) is 10.7. The number of halogens is 1. The molecule has 0 aliphatic rings. The summed E-state index contributed by atoms with van der Waals surface area (Å²) in [5.74, 6) is 0.353. The van der Waals surface area contributed by atoms with E-state index in [1.807, 2.05) is 6.07 Å². The zero-order valence-corrected chi connectivity index (χ0v) is 8.39. The van der Waals surface area contributed by atoms with Crippen molar-refractivity contribution in [3.05, 3.63) is 41.2 Å². The highest BCUT2D eigenvalue weighted by Crippen LogP contribution is 2.05. The first kappa shape index (κ1) is 9.62. The first-order valence-corrected chi connectivity index (χ1v) is 4.57. The van der Waals surface area contributed by atoms with E-state index in [9.17, 15) is 0 Å². The van der Waals surface area contributed by atoms with Crippen LogP contribution in [0.15, 0.2) is 24.5 Å². The van der Waals surface area contributed by atoms with Crippen molar-refractivity contribution < 1.29 is 0 Å². The van der Waals surface area contributed by atoms with Crippen molar-refractivity contribution in [3.63, 3.8) is 0 Å². The van der Waals surface area contributed by atoms with Crippen LogP contribution in [0.4, 0.5) is 0 Å².